The maximum absolute atomic E-state index is 15.3. The zero-order valence-electron chi connectivity index (χ0n) is 21.0. The van der Waals surface area contributed by atoms with Gasteiger partial charge in [0.15, 0.2) is 0 Å². The molecule has 9 heteroatoms. The number of halogens is 6. The minimum atomic E-state index is -4.98. The summed E-state index contributed by atoms with van der Waals surface area (Å²) in [5, 5.41) is -0.0166. The smallest absolute Gasteiger partial charge is 0.360 e. The number of rotatable bonds is 6. The predicted octanol–water partition coefficient (Wildman–Crippen LogP) is 8.30. The largest absolute Gasteiger partial charge is 0.419 e. The minimum Gasteiger partial charge on any atom is -0.360 e. The molecule has 0 fully saturated rings. The molecule has 1 aromatic heterocycles. The van der Waals surface area contributed by atoms with Gasteiger partial charge < -0.3 is 9.88 Å². The number of carbonyl (C=O) groups is 1. The van der Waals surface area contributed by atoms with E-state index in [9.17, 15) is 22.4 Å². The van der Waals surface area contributed by atoms with Crippen molar-refractivity contribution in [1.29, 1.82) is 0 Å². The summed E-state index contributed by atoms with van der Waals surface area (Å²) >= 11 is 5.89. The first kappa shape index (κ1) is 27.6. The summed E-state index contributed by atoms with van der Waals surface area (Å²) in [6, 6.07) is 13.7. The van der Waals surface area contributed by atoms with Gasteiger partial charge in [-0.05, 0) is 52.8 Å². The van der Waals surface area contributed by atoms with E-state index in [2.05, 4.69) is 25.8 Å². The molecule has 0 bridgehead atoms. The number of aromatic nitrogens is 1. The number of hydrogen-bond acceptors (Lipinski definition) is 1. The molecule has 0 aliphatic heterocycles. The molecule has 4 rings (SSSR count). The Morgan fingerprint density at radius 2 is 1.61 bits per heavy atom. The Hall–Kier alpha value is -3.39. The molecule has 0 saturated carbocycles. The molecule has 1 amide bonds. The van der Waals surface area contributed by atoms with E-state index in [1.165, 1.54) is 35.4 Å². The molecule has 38 heavy (non-hydrogen) atoms. The molecular formula is C29H26ClF5N2O. The predicted molar refractivity (Wildman–Crippen MR) is 138 cm³/mol. The molecule has 0 unspecified atom stereocenters. The Balaban J connectivity index is 1.74. The fourth-order valence-electron chi connectivity index (χ4n) is 4.29. The van der Waals surface area contributed by atoms with Crippen LogP contribution in [0.15, 0.2) is 60.8 Å². The van der Waals surface area contributed by atoms with Gasteiger partial charge in [0.1, 0.15) is 11.6 Å². The fraction of sp³-hybridized carbons (Fsp3) is 0.276. The minimum absolute atomic E-state index is 0.0154. The zero-order valence-corrected chi connectivity index (χ0v) is 21.8. The summed E-state index contributed by atoms with van der Waals surface area (Å²) < 4.78 is 69.8. The highest BCUT2D eigenvalue weighted by Crippen LogP contribution is 2.36. The second kappa shape index (κ2) is 10.4. The second-order valence-electron chi connectivity index (χ2n) is 10.2. The molecule has 3 aromatic carbocycles. The highest BCUT2D eigenvalue weighted by molar-refractivity contribution is 6.30. The number of nitrogens with one attached hydrogen (secondary N) is 1. The van der Waals surface area contributed by atoms with Gasteiger partial charge in [-0.25, -0.2) is 8.78 Å². The van der Waals surface area contributed by atoms with Crippen LogP contribution in [0.5, 0.6) is 0 Å². The summed E-state index contributed by atoms with van der Waals surface area (Å²) in [6.45, 7) is 6.23. The molecule has 0 aliphatic carbocycles. The summed E-state index contributed by atoms with van der Waals surface area (Å²) in [5.41, 5.74) is 0.105. The first-order chi connectivity index (χ1) is 17.8. The Morgan fingerprint density at radius 3 is 2.21 bits per heavy atom. The molecule has 1 heterocycles. The van der Waals surface area contributed by atoms with Crippen molar-refractivity contribution in [3.63, 3.8) is 0 Å². The van der Waals surface area contributed by atoms with Crippen LogP contribution in [0.2, 0.25) is 5.02 Å². The van der Waals surface area contributed by atoms with Gasteiger partial charge in [0.25, 0.3) is 5.91 Å². The number of benzene rings is 3. The summed E-state index contributed by atoms with van der Waals surface area (Å²) in [6.07, 6.45) is -3.40. The van der Waals surface area contributed by atoms with Crippen molar-refractivity contribution >= 4 is 28.4 Å². The lowest BCUT2D eigenvalue weighted by Crippen LogP contribution is -2.34. The Morgan fingerprint density at radius 1 is 0.947 bits per heavy atom. The van der Waals surface area contributed by atoms with Crippen LogP contribution in [0, 0.1) is 11.6 Å². The third-order valence-electron chi connectivity index (χ3n) is 6.44. The van der Waals surface area contributed by atoms with E-state index in [0.717, 1.165) is 11.1 Å². The summed E-state index contributed by atoms with van der Waals surface area (Å²) in [7, 11) is 0. The first-order valence-corrected chi connectivity index (χ1v) is 12.3. The van der Waals surface area contributed by atoms with Crippen LogP contribution in [-0.4, -0.2) is 22.3 Å². The van der Waals surface area contributed by atoms with Crippen molar-refractivity contribution in [2.45, 2.75) is 45.3 Å². The van der Waals surface area contributed by atoms with Gasteiger partial charge in [0.05, 0.1) is 21.7 Å². The van der Waals surface area contributed by atoms with Crippen LogP contribution in [0.4, 0.5) is 22.0 Å². The fourth-order valence-corrected chi connectivity index (χ4v) is 4.49. The van der Waals surface area contributed by atoms with Crippen LogP contribution in [0.25, 0.3) is 10.9 Å². The number of fused-ring (bicyclic) bond motifs is 1. The zero-order chi connectivity index (χ0) is 27.8. The van der Waals surface area contributed by atoms with Gasteiger partial charge in [-0.2, -0.15) is 13.2 Å². The SMILES string of the molecule is CC(C)(C)c1ccc(CN(CCc2ccc(F)c(Cl)c2)C(=O)c2c(F)c(C(F)(F)F)cc3cc[nH]c23)cc1. The number of alkyl halides is 3. The van der Waals surface area contributed by atoms with Gasteiger partial charge >= 0.3 is 6.18 Å². The van der Waals surface area contributed by atoms with Crippen LogP contribution in [-0.2, 0) is 24.6 Å². The van der Waals surface area contributed by atoms with E-state index in [0.29, 0.717) is 11.6 Å². The molecule has 0 spiro atoms. The quantitative estimate of drug-likeness (QED) is 0.242. The maximum atomic E-state index is 15.3. The molecule has 1 N–H and O–H groups in total. The third-order valence-corrected chi connectivity index (χ3v) is 6.73. The lowest BCUT2D eigenvalue weighted by Gasteiger charge is -2.25. The van der Waals surface area contributed by atoms with Crippen LogP contribution >= 0.6 is 11.6 Å². The van der Waals surface area contributed by atoms with E-state index in [-0.39, 0.29) is 40.9 Å². The van der Waals surface area contributed by atoms with Gasteiger partial charge in [-0.1, -0.05) is 62.7 Å². The van der Waals surface area contributed by atoms with E-state index >= 15 is 4.39 Å². The third kappa shape index (κ3) is 5.85. The van der Waals surface area contributed by atoms with E-state index in [1.807, 2.05) is 24.3 Å². The number of hydrogen-bond donors (Lipinski definition) is 1. The van der Waals surface area contributed by atoms with Crippen LogP contribution in [0.3, 0.4) is 0 Å². The Kier molecular flexibility index (Phi) is 7.57. The average Bonchev–Trinajstić information content (AvgIpc) is 3.30. The Labute approximate surface area is 222 Å². The summed E-state index contributed by atoms with van der Waals surface area (Å²) in [5.74, 6) is -3.12. The molecule has 4 aromatic rings. The van der Waals surface area contributed by atoms with E-state index in [4.69, 9.17) is 11.6 Å². The van der Waals surface area contributed by atoms with Crippen molar-refractivity contribution in [1.82, 2.24) is 9.88 Å². The van der Waals surface area contributed by atoms with Crippen molar-refractivity contribution in [3.8, 4) is 0 Å². The summed E-state index contributed by atoms with van der Waals surface area (Å²) in [4.78, 5) is 17.7. The van der Waals surface area contributed by atoms with Crippen molar-refractivity contribution in [2.75, 3.05) is 6.54 Å². The highest BCUT2D eigenvalue weighted by atomic mass is 35.5. The van der Waals surface area contributed by atoms with Gasteiger partial charge in [0.2, 0.25) is 0 Å². The highest BCUT2D eigenvalue weighted by Gasteiger charge is 2.38. The van der Waals surface area contributed by atoms with Crippen LogP contribution in [0.1, 0.15) is 53.4 Å². The molecule has 200 valence electrons. The molecule has 0 atom stereocenters. The second-order valence-corrected chi connectivity index (χ2v) is 10.6. The van der Waals surface area contributed by atoms with Crippen LogP contribution < -0.4 is 0 Å². The topological polar surface area (TPSA) is 36.1 Å². The number of carbonyl (C=O) groups excluding carboxylic acids is 1. The lowest BCUT2D eigenvalue weighted by molar-refractivity contribution is -0.139. The van der Waals surface area contributed by atoms with Gasteiger partial charge in [0, 0.05) is 24.7 Å². The number of H-pyrrole nitrogens is 1. The first-order valence-electron chi connectivity index (χ1n) is 11.9. The average molecular weight is 549 g/mol. The van der Waals surface area contributed by atoms with Crippen molar-refractivity contribution in [2.24, 2.45) is 0 Å². The Bertz CT molecular complexity index is 1470. The molecule has 3 nitrogen and oxygen atoms in total. The molecular weight excluding hydrogens is 523 g/mol. The maximum Gasteiger partial charge on any atom is 0.419 e. The molecule has 0 aliphatic rings. The number of amides is 1. The number of nitrogens with zero attached hydrogens (tertiary/aromatic N) is 1. The standard InChI is InChI=1S/C29H26ClF5N2O/c1-28(2,3)20-7-4-18(5-8-20)16-37(13-11-17-6-9-23(31)22(30)14-17)27(38)24-25(32)21(29(33,34)35)15-19-10-12-36-26(19)24/h4-10,12,14-15,36H,11,13,16H2,1-3H3. The normalized spacial score (nSPS) is 12.2. The van der Waals surface area contributed by atoms with Crippen molar-refractivity contribution in [3.05, 3.63) is 105 Å². The lowest BCUT2D eigenvalue weighted by atomic mass is 9.87. The van der Waals surface area contributed by atoms with E-state index in [1.54, 1.807) is 0 Å². The van der Waals surface area contributed by atoms with Crippen molar-refractivity contribution < 1.29 is 26.7 Å². The van der Waals surface area contributed by atoms with Gasteiger partial charge in [-0.15, -0.1) is 0 Å². The van der Waals surface area contributed by atoms with E-state index < -0.39 is 34.8 Å². The number of aromatic amines is 1. The van der Waals surface area contributed by atoms with Gasteiger partial charge in [-0.3, -0.25) is 4.79 Å². The molecule has 0 saturated heterocycles. The monoisotopic (exact) mass is 548 g/mol. The molecule has 0 radical (unpaired) electrons.